The number of rotatable bonds is 63. The smallest absolute Gasteiger partial charge is 0.306 e. The zero-order valence-corrected chi connectivity index (χ0v) is 54.0. The molecule has 0 radical (unpaired) electrons. The molecular weight excluding hydrogens is 1010 g/mol. The van der Waals surface area contributed by atoms with E-state index < -0.39 is 6.10 Å². The molecule has 6 heteroatoms. The molecule has 0 N–H and O–H groups in total. The Bertz CT molecular complexity index is 1640. The molecule has 0 aromatic heterocycles. The van der Waals surface area contributed by atoms with Gasteiger partial charge in [0.1, 0.15) is 13.2 Å². The van der Waals surface area contributed by atoms with E-state index >= 15 is 0 Å². The fourth-order valence-corrected chi connectivity index (χ4v) is 9.81. The summed E-state index contributed by atoms with van der Waals surface area (Å²) >= 11 is 0. The van der Waals surface area contributed by atoms with Gasteiger partial charge in [0.2, 0.25) is 0 Å². The molecule has 6 nitrogen and oxygen atoms in total. The lowest BCUT2D eigenvalue weighted by molar-refractivity contribution is -0.167. The summed E-state index contributed by atoms with van der Waals surface area (Å²) < 4.78 is 16.9. The second kappa shape index (κ2) is 69.6. The number of carbonyl (C=O) groups is 3. The van der Waals surface area contributed by atoms with Crippen LogP contribution in [0.3, 0.4) is 0 Å². The Balaban J connectivity index is 4.16. The normalized spacial score (nSPS) is 12.8. The quantitative estimate of drug-likeness (QED) is 0.0261. The molecule has 0 spiro atoms. The summed E-state index contributed by atoms with van der Waals surface area (Å²) in [5.74, 6) is -0.878. The van der Waals surface area contributed by atoms with Crippen LogP contribution in [0.15, 0.2) is 109 Å². The van der Waals surface area contributed by atoms with Gasteiger partial charge in [0.05, 0.1) is 0 Å². The molecule has 0 aromatic carbocycles. The molecule has 0 saturated heterocycles. The van der Waals surface area contributed by atoms with Crippen LogP contribution in [-0.4, -0.2) is 37.2 Å². The van der Waals surface area contributed by atoms with Crippen LogP contribution in [0.25, 0.3) is 0 Å². The fraction of sp³-hybridized carbons (Fsp3) is 0.724. The van der Waals surface area contributed by atoms with Crippen molar-refractivity contribution in [2.24, 2.45) is 0 Å². The number of allylic oxidation sites excluding steroid dienone is 18. The van der Waals surface area contributed by atoms with E-state index in [0.717, 1.165) is 116 Å². The van der Waals surface area contributed by atoms with Crippen LogP contribution in [-0.2, 0) is 28.6 Å². The van der Waals surface area contributed by atoms with Crippen molar-refractivity contribution in [3.63, 3.8) is 0 Å². The van der Waals surface area contributed by atoms with Crippen LogP contribution in [0.2, 0.25) is 0 Å². The molecule has 0 bridgehead atoms. The molecule has 0 aromatic rings. The fourth-order valence-electron chi connectivity index (χ4n) is 9.81. The van der Waals surface area contributed by atoms with E-state index in [1.54, 1.807) is 0 Å². The highest BCUT2D eigenvalue weighted by atomic mass is 16.6. The number of carbonyl (C=O) groups excluding carboxylic acids is 3. The predicted octanol–water partition coefficient (Wildman–Crippen LogP) is 24.2. The molecule has 0 saturated carbocycles. The van der Waals surface area contributed by atoms with Crippen LogP contribution in [0.5, 0.6) is 0 Å². The van der Waals surface area contributed by atoms with E-state index in [4.69, 9.17) is 14.2 Å². The zero-order chi connectivity index (χ0) is 59.2. The van der Waals surface area contributed by atoms with Gasteiger partial charge in [-0.05, 0) is 109 Å². The highest BCUT2D eigenvalue weighted by Crippen LogP contribution is 2.17. The van der Waals surface area contributed by atoms with Gasteiger partial charge in [-0.2, -0.15) is 0 Å². The first-order valence-corrected chi connectivity index (χ1v) is 34.9. The van der Waals surface area contributed by atoms with Crippen molar-refractivity contribution in [1.82, 2.24) is 0 Å². The van der Waals surface area contributed by atoms with Crippen molar-refractivity contribution in [3.05, 3.63) is 109 Å². The number of ether oxygens (including phenoxy) is 3. The molecule has 82 heavy (non-hydrogen) atoms. The first-order valence-electron chi connectivity index (χ1n) is 34.9. The molecule has 0 aliphatic carbocycles. The molecule has 0 aliphatic heterocycles. The SMILES string of the molecule is CC/C=C\C/C=C\C/C=C\C/C=C\C/C=C\C/C=C\C/C=C\CCCCCCCCCCCC(=O)OCC(COC(=O)CCCCCCCCCC)OC(=O)CCCCCCCCCCCCCCC/C=C\C/C=C\CCCCCCC. The van der Waals surface area contributed by atoms with Gasteiger partial charge in [-0.1, -0.05) is 316 Å². The minimum atomic E-state index is -0.780. The Morgan fingerprint density at radius 1 is 0.256 bits per heavy atom. The topological polar surface area (TPSA) is 78.9 Å². The summed E-state index contributed by atoms with van der Waals surface area (Å²) in [7, 11) is 0. The van der Waals surface area contributed by atoms with E-state index in [0.29, 0.717) is 19.3 Å². The van der Waals surface area contributed by atoms with E-state index in [2.05, 4.69) is 130 Å². The van der Waals surface area contributed by atoms with Gasteiger partial charge in [-0.3, -0.25) is 14.4 Å². The van der Waals surface area contributed by atoms with Crippen molar-refractivity contribution in [1.29, 1.82) is 0 Å². The molecular formula is C76H130O6. The largest absolute Gasteiger partial charge is 0.462 e. The number of hydrogen-bond acceptors (Lipinski definition) is 6. The van der Waals surface area contributed by atoms with Crippen LogP contribution < -0.4 is 0 Å². The summed E-state index contributed by atoms with van der Waals surface area (Å²) in [5.41, 5.74) is 0. The Hall–Kier alpha value is -3.93. The van der Waals surface area contributed by atoms with Crippen LogP contribution >= 0.6 is 0 Å². The standard InChI is InChI=1S/C76H130O6/c1-4-7-10-13-16-19-21-23-25-27-29-31-33-35-36-37-38-39-40-42-43-45-47-49-51-53-55-57-60-63-66-69-75(78)81-72-73(71-80-74(77)68-65-62-59-18-15-12-9-6-3)82-76(79)70-67-64-61-58-56-54-52-50-48-46-44-41-34-32-30-28-26-24-22-20-17-14-11-8-5-2/h7,10,16,19,22-25,28-31,35-36,38-39,42-43,73H,4-6,8-9,11-15,17-18,20-21,26-27,32-34,37,40-41,44-72H2,1-3H3/b10-7-,19-16-,24-22-,25-23-,30-28-,31-29-,36-35-,39-38-,43-42-. The maximum absolute atomic E-state index is 12.9. The Morgan fingerprint density at radius 3 is 0.744 bits per heavy atom. The lowest BCUT2D eigenvalue weighted by Gasteiger charge is -2.18. The minimum absolute atomic E-state index is 0.0775. The molecule has 0 amide bonds. The average molecular weight is 1140 g/mol. The summed E-state index contributed by atoms with van der Waals surface area (Å²) in [4.78, 5) is 38.2. The van der Waals surface area contributed by atoms with Crippen molar-refractivity contribution in [2.75, 3.05) is 13.2 Å². The van der Waals surface area contributed by atoms with E-state index in [9.17, 15) is 14.4 Å². The van der Waals surface area contributed by atoms with Crippen LogP contribution in [0, 0.1) is 0 Å². The summed E-state index contributed by atoms with van der Waals surface area (Å²) in [5, 5.41) is 0. The zero-order valence-electron chi connectivity index (χ0n) is 54.0. The molecule has 0 rings (SSSR count). The molecule has 0 fully saturated rings. The van der Waals surface area contributed by atoms with Gasteiger partial charge in [0.15, 0.2) is 6.10 Å². The first kappa shape index (κ1) is 78.1. The van der Waals surface area contributed by atoms with Crippen molar-refractivity contribution >= 4 is 17.9 Å². The third kappa shape index (κ3) is 66.9. The Labute approximate surface area is 508 Å². The third-order valence-corrected chi connectivity index (χ3v) is 15.0. The minimum Gasteiger partial charge on any atom is -0.462 e. The van der Waals surface area contributed by atoms with E-state index in [1.807, 2.05) is 0 Å². The van der Waals surface area contributed by atoms with Gasteiger partial charge >= 0.3 is 17.9 Å². The van der Waals surface area contributed by atoms with Crippen molar-refractivity contribution < 1.29 is 28.6 Å². The van der Waals surface area contributed by atoms with Crippen molar-refractivity contribution in [3.8, 4) is 0 Å². The van der Waals surface area contributed by atoms with E-state index in [1.165, 1.54) is 180 Å². The number of hydrogen-bond donors (Lipinski definition) is 0. The molecule has 0 heterocycles. The van der Waals surface area contributed by atoms with Gasteiger partial charge in [-0.15, -0.1) is 0 Å². The maximum atomic E-state index is 12.9. The number of esters is 3. The molecule has 0 aliphatic rings. The van der Waals surface area contributed by atoms with Gasteiger partial charge in [0.25, 0.3) is 0 Å². The number of unbranched alkanes of at least 4 members (excludes halogenated alkanes) is 34. The second-order valence-corrected chi connectivity index (χ2v) is 23.1. The summed E-state index contributed by atoms with van der Waals surface area (Å²) in [6.45, 7) is 6.51. The second-order valence-electron chi connectivity index (χ2n) is 23.1. The maximum Gasteiger partial charge on any atom is 0.306 e. The summed E-state index contributed by atoms with van der Waals surface area (Å²) in [6.07, 6.45) is 95.6. The highest BCUT2D eigenvalue weighted by molar-refractivity contribution is 5.71. The monoisotopic (exact) mass is 1140 g/mol. The molecule has 1 atom stereocenters. The highest BCUT2D eigenvalue weighted by Gasteiger charge is 2.19. The van der Waals surface area contributed by atoms with E-state index in [-0.39, 0.29) is 31.1 Å². The molecule has 470 valence electrons. The Kier molecular flexibility index (Phi) is 66.2. The van der Waals surface area contributed by atoms with Crippen molar-refractivity contribution in [2.45, 2.75) is 341 Å². The third-order valence-electron chi connectivity index (χ3n) is 15.0. The average Bonchev–Trinajstić information content (AvgIpc) is 3.47. The predicted molar refractivity (Wildman–Crippen MR) is 357 cm³/mol. The lowest BCUT2D eigenvalue weighted by Crippen LogP contribution is -2.30. The van der Waals surface area contributed by atoms with Crippen LogP contribution in [0.1, 0.15) is 335 Å². The van der Waals surface area contributed by atoms with Gasteiger partial charge < -0.3 is 14.2 Å². The first-order chi connectivity index (χ1) is 40.5. The van der Waals surface area contributed by atoms with Crippen LogP contribution in [0.4, 0.5) is 0 Å². The van der Waals surface area contributed by atoms with Gasteiger partial charge in [0, 0.05) is 19.3 Å². The lowest BCUT2D eigenvalue weighted by atomic mass is 10.0. The Morgan fingerprint density at radius 2 is 0.476 bits per heavy atom. The van der Waals surface area contributed by atoms with Gasteiger partial charge in [-0.25, -0.2) is 0 Å². The molecule has 1 unspecified atom stereocenters. The summed E-state index contributed by atoms with van der Waals surface area (Å²) in [6, 6.07) is 0.